The first kappa shape index (κ1) is 74.8. The van der Waals surface area contributed by atoms with Crippen LogP contribution in [-0.2, 0) is 26.2 Å². The molecule has 94 valence electrons. The van der Waals surface area contributed by atoms with Gasteiger partial charge in [-0.2, -0.15) is 6.08 Å². The third-order valence-electron chi connectivity index (χ3n) is 0.586. The van der Waals surface area contributed by atoms with Gasteiger partial charge in [0.05, 0.1) is 0 Å². The largest absolute Gasteiger partial charge is 0.358 e. The topological polar surface area (TPSA) is 0 Å². The number of halogens is 3. The summed E-state index contributed by atoms with van der Waals surface area (Å²) >= 11 is 0. The van der Waals surface area contributed by atoms with Crippen LogP contribution in [0.1, 0.15) is 6.42 Å². The molecule has 0 spiro atoms. The van der Waals surface area contributed by atoms with Gasteiger partial charge in [-0.05, 0) is 0 Å². The van der Waals surface area contributed by atoms with Gasteiger partial charge >= 0.3 is 0 Å². The van der Waals surface area contributed by atoms with Crippen LogP contribution in [0.4, 0.5) is 0 Å². The normalized spacial score (nSPS) is 6.29. The molecule has 14 heavy (non-hydrogen) atoms. The molecular weight excluding hydrogens is 451 g/mol. The van der Waals surface area contributed by atoms with Crippen LogP contribution in [0.5, 0.6) is 0 Å². The van der Waals surface area contributed by atoms with Crippen LogP contribution < -0.4 is 0 Å². The standard InChI is InChI=1S/C5H5.5CH3.3BrH.Zr/c1-2-4-5-3-1;;;;;;;;;/h1-3H,4H2;5*1H3;3*1H;/q6*-1;;;;. The second-order valence-electron chi connectivity index (χ2n) is 1.00. The summed E-state index contributed by atoms with van der Waals surface area (Å²) in [6.45, 7) is 0. The van der Waals surface area contributed by atoms with E-state index in [9.17, 15) is 0 Å². The van der Waals surface area contributed by atoms with Gasteiger partial charge < -0.3 is 37.1 Å². The number of allylic oxidation sites excluding steroid dienone is 4. The Labute approximate surface area is 143 Å². The van der Waals surface area contributed by atoms with Crippen molar-refractivity contribution in [1.29, 1.82) is 0 Å². The first-order chi connectivity index (χ1) is 2.50. The predicted molar refractivity (Wildman–Crippen MR) is 84.6 cm³/mol. The summed E-state index contributed by atoms with van der Waals surface area (Å²) in [6, 6.07) is 0. The molecule has 1 rings (SSSR count). The Hall–Kier alpha value is 1.80. The molecular formula is C10H23Br3Zr-6. The number of hydrogen-bond donors (Lipinski definition) is 0. The zero-order valence-corrected chi connectivity index (χ0v) is 17.3. The van der Waals surface area contributed by atoms with Crippen LogP contribution in [0.2, 0.25) is 0 Å². The fourth-order valence-corrected chi connectivity index (χ4v) is 0.340. The average Bonchev–Trinajstić information content (AvgIpc) is 1.76. The van der Waals surface area contributed by atoms with Crippen molar-refractivity contribution < 1.29 is 26.2 Å². The molecule has 0 radical (unpaired) electrons. The second kappa shape index (κ2) is 60.9. The zero-order valence-electron chi connectivity index (χ0n) is 9.66. The van der Waals surface area contributed by atoms with Gasteiger partial charge in [0.1, 0.15) is 0 Å². The molecule has 0 aromatic heterocycles. The Kier molecular flexibility index (Phi) is 326. The average molecular weight is 474 g/mol. The Morgan fingerprint density at radius 1 is 0.786 bits per heavy atom. The summed E-state index contributed by atoms with van der Waals surface area (Å²) in [5, 5.41) is 0. The van der Waals surface area contributed by atoms with Crippen molar-refractivity contribution in [3.8, 4) is 0 Å². The van der Waals surface area contributed by atoms with E-state index in [-0.39, 0.29) is 114 Å². The van der Waals surface area contributed by atoms with Gasteiger partial charge in [0.15, 0.2) is 0 Å². The predicted octanol–water partition coefficient (Wildman–Crippen LogP) is 5.29. The van der Waals surface area contributed by atoms with E-state index in [1.807, 2.05) is 12.2 Å². The summed E-state index contributed by atoms with van der Waals surface area (Å²) in [4.78, 5) is 0. The molecule has 0 N–H and O–H groups in total. The molecule has 0 nitrogen and oxygen atoms in total. The molecule has 0 aromatic rings. The number of rotatable bonds is 0. The van der Waals surface area contributed by atoms with Gasteiger partial charge in [0, 0.05) is 26.2 Å². The summed E-state index contributed by atoms with van der Waals surface area (Å²) in [5.74, 6) is 0. The van der Waals surface area contributed by atoms with E-state index in [2.05, 4.69) is 12.2 Å². The van der Waals surface area contributed by atoms with Crippen LogP contribution in [0.3, 0.4) is 0 Å². The monoisotopic (exact) mass is 470 g/mol. The number of hydrogen-bond acceptors (Lipinski definition) is 0. The first-order valence-electron chi connectivity index (χ1n) is 1.72. The van der Waals surface area contributed by atoms with Gasteiger partial charge in [-0.15, -0.1) is 57.4 Å². The maximum Gasteiger partial charge on any atom is 0 e. The zero-order chi connectivity index (χ0) is 3.54. The van der Waals surface area contributed by atoms with Gasteiger partial charge in [0.2, 0.25) is 0 Å². The van der Waals surface area contributed by atoms with Gasteiger partial charge in [-0.25, -0.2) is 12.2 Å². The molecule has 0 heterocycles. The smallest absolute Gasteiger partial charge is 0 e. The quantitative estimate of drug-likeness (QED) is 0.419. The molecule has 0 saturated carbocycles. The summed E-state index contributed by atoms with van der Waals surface area (Å²) in [6.07, 6.45) is 10.0. The minimum absolute atomic E-state index is 0. The molecule has 0 atom stereocenters. The van der Waals surface area contributed by atoms with E-state index in [1.54, 1.807) is 0 Å². The van der Waals surface area contributed by atoms with Crippen molar-refractivity contribution in [2.24, 2.45) is 0 Å². The summed E-state index contributed by atoms with van der Waals surface area (Å²) < 4.78 is 0. The fourth-order valence-electron chi connectivity index (χ4n) is 0.340. The van der Waals surface area contributed by atoms with E-state index in [4.69, 9.17) is 0 Å². The van der Waals surface area contributed by atoms with Crippen molar-refractivity contribution in [2.45, 2.75) is 6.42 Å². The molecule has 0 amide bonds. The van der Waals surface area contributed by atoms with Gasteiger partial charge in [0.25, 0.3) is 0 Å². The van der Waals surface area contributed by atoms with Crippen molar-refractivity contribution in [3.63, 3.8) is 0 Å². The van der Waals surface area contributed by atoms with Crippen LogP contribution in [-0.4, -0.2) is 0 Å². The van der Waals surface area contributed by atoms with E-state index in [0.717, 1.165) is 6.42 Å². The summed E-state index contributed by atoms with van der Waals surface area (Å²) in [5.41, 5.74) is 0. The SMILES string of the molecule is Br.Br.Br.[C-]1=CC=CC1.[CH3-].[CH3-].[CH3-].[CH3-].[CH3-].[Zr]. The summed E-state index contributed by atoms with van der Waals surface area (Å²) in [7, 11) is 0. The van der Waals surface area contributed by atoms with E-state index in [0.29, 0.717) is 0 Å². The molecule has 0 unspecified atom stereocenters. The second-order valence-corrected chi connectivity index (χ2v) is 1.00. The minimum atomic E-state index is 0. The third-order valence-corrected chi connectivity index (χ3v) is 0.586. The minimum Gasteiger partial charge on any atom is -0.358 e. The van der Waals surface area contributed by atoms with E-state index < -0.39 is 0 Å². The van der Waals surface area contributed by atoms with Gasteiger partial charge in [-0.3, -0.25) is 6.08 Å². The van der Waals surface area contributed by atoms with E-state index in [1.165, 1.54) is 0 Å². The van der Waals surface area contributed by atoms with Crippen molar-refractivity contribution in [1.82, 2.24) is 0 Å². The van der Waals surface area contributed by atoms with E-state index >= 15 is 0 Å². The third kappa shape index (κ3) is 48.9. The molecule has 0 aliphatic heterocycles. The molecule has 1 aliphatic rings. The Morgan fingerprint density at radius 3 is 1.21 bits per heavy atom. The Morgan fingerprint density at radius 2 is 1.14 bits per heavy atom. The van der Waals surface area contributed by atoms with Crippen LogP contribution >= 0.6 is 50.9 Å². The molecule has 1 aliphatic carbocycles. The fraction of sp³-hybridized carbons (Fsp3) is 0.100. The van der Waals surface area contributed by atoms with Gasteiger partial charge in [-0.1, -0.05) is 0 Å². The van der Waals surface area contributed by atoms with Crippen molar-refractivity contribution >= 4 is 50.9 Å². The molecule has 0 saturated heterocycles. The van der Waals surface area contributed by atoms with Crippen LogP contribution in [0.15, 0.2) is 18.2 Å². The van der Waals surface area contributed by atoms with Crippen LogP contribution in [0, 0.1) is 43.2 Å². The van der Waals surface area contributed by atoms with Crippen molar-refractivity contribution in [2.75, 3.05) is 0 Å². The maximum absolute atomic E-state index is 2.99. The molecule has 4 heteroatoms. The van der Waals surface area contributed by atoms with Crippen molar-refractivity contribution in [3.05, 3.63) is 61.4 Å². The Bertz CT molecular complexity index is 73.4. The van der Waals surface area contributed by atoms with Crippen LogP contribution in [0.25, 0.3) is 0 Å². The molecule has 0 fully saturated rings. The Balaban J connectivity index is -0.00000000397. The maximum atomic E-state index is 2.99. The molecule has 0 bridgehead atoms. The first-order valence-corrected chi connectivity index (χ1v) is 1.72. The molecule has 0 aromatic carbocycles.